The molecule has 0 aliphatic carbocycles. The highest BCUT2D eigenvalue weighted by atomic mass is 79.9. The maximum atomic E-state index is 11.0. The molecule has 0 saturated carbocycles. The molecule has 0 amide bonds. The van der Waals surface area contributed by atoms with E-state index in [1.165, 1.54) is 6.20 Å². The van der Waals surface area contributed by atoms with Gasteiger partial charge in [0.15, 0.2) is 4.60 Å². The lowest BCUT2D eigenvalue weighted by atomic mass is 10.8. The van der Waals surface area contributed by atoms with E-state index < -0.39 is 0 Å². The Morgan fingerprint density at radius 3 is 2.73 bits per heavy atom. The lowest BCUT2D eigenvalue weighted by molar-refractivity contribution is -0.660. The third-order valence-corrected chi connectivity index (χ3v) is 1.41. The van der Waals surface area contributed by atoms with Gasteiger partial charge in [0.1, 0.15) is 6.20 Å². The molecule has 0 N–H and O–H groups in total. The van der Waals surface area contributed by atoms with Crippen LogP contribution in [0.15, 0.2) is 10.8 Å². The minimum Gasteiger partial charge on any atom is -0.721 e. The van der Waals surface area contributed by atoms with Crippen LogP contribution in [-0.2, 0) is 0 Å². The van der Waals surface area contributed by atoms with E-state index in [4.69, 9.17) is 0 Å². The quantitative estimate of drug-likeness (QED) is 0.490. The van der Waals surface area contributed by atoms with Crippen LogP contribution in [0.3, 0.4) is 0 Å². The van der Waals surface area contributed by atoms with Gasteiger partial charge < -0.3 is 5.21 Å². The zero-order valence-corrected chi connectivity index (χ0v) is 7.74. The zero-order valence-electron chi connectivity index (χ0n) is 6.15. The summed E-state index contributed by atoms with van der Waals surface area (Å²) in [6.07, 6.45) is 1.48. The third kappa shape index (κ3) is 1.76. The van der Waals surface area contributed by atoms with Crippen LogP contribution in [-0.4, -0.2) is 24.2 Å². The van der Waals surface area contributed by atoms with E-state index in [9.17, 15) is 5.21 Å². The van der Waals surface area contributed by atoms with Gasteiger partial charge in [0.2, 0.25) is 0 Å². The number of aromatic nitrogens is 3. The Hall–Kier alpha value is -0.910. The Morgan fingerprint density at radius 2 is 2.27 bits per heavy atom. The lowest BCUT2D eigenvalue weighted by Crippen LogP contribution is -2.39. The summed E-state index contributed by atoms with van der Waals surface area (Å²) >= 11 is 3.03. The van der Waals surface area contributed by atoms with Crippen LogP contribution in [0.2, 0.25) is 0 Å². The molecule has 0 fully saturated rings. The van der Waals surface area contributed by atoms with Crippen molar-refractivity contribution in [2.24, 2.45) is 0 Å². The minimum atomic E-state index is 0.271. The van der Waals surface area contributed by atoms with Crippen LogP contribution in [0.25, 0.3) is 0 Å². The first-order chi connectivity index (χ1) is 5.11. The fourth-order valence-electron chi connectivity index (χ4n) is 0.604. The molecule has 0 aliphatic rings. The molecule has 0 unspecified atom stereocenters. The molecule has 0 radical (unpaired) electrons. The third-order valence-electron chi connectivity index (χ3n) is 1.04. The van der Waals surface area contributed by atoms with Gasteiger partial charge in [-0.2, -0.15) is 0 Å². The van der Waals surface area contributed by atoms with E-state index in [1.54, 1.807) is 19.0 Å². The van der Waals surface area contributed by atoms with Gasteiger partial charge in [-0.1, -0.05) is 10.1 Å². The topological polar surface area (TPSA) is 56.0 Å². The van der Waals surface area contributed by atoms with E-state index in [-0.39, 0.29) is 5.95 Å². The maximum absolute atomic E-state index is 11.0. The molecule has 6 heteroatoms. The molecule has 11 heavy (non-hydrogen) atoms. The molecule has 0 aromatic carbocycles. The molecule has 1 aromatic heterocycles. The zero-order chi connectivity index (χ0) is 8.43. The van der Waals surface area contributed by atoms with Crippen molar-refractivity contribution in [1.82, 2.24) is 10.1 Å². The predicted octanol–water partition coefficient (Wildman–Crippen LogP) is -0.0615. The minimum absolute atomic E-state index is 0.271. The highest BCUT2D eigenvalue weighted by Gasteiger charge is 2.09. The van der Waals surface area contributed by atoms with E-state index >= 15 is 0 Å². The molecule has 0 saturated heterocycles. The summed E-state index contributed by atoms with van der Waals surface area (Å²) in [4.78, 5) is 5.90. The molecule has 0 spiro atoms. The second kappa shape index (κ2) is 3.00. The normalized spacial score (nSPS) is 9.73. The van der Waals surface area contributed by atoms with E-state index in [0.717, 1.165) is 0 Å². The van der Waals surface area contributed by atoms with E-state index in [1.807, 2.05) is 0 Å². The van der Waals surface area contributed by atoms with Gasteiger partial charge in [-0.05, 0) is 15.9 Å². The molecule has 0 atom stereocenters. The summed E-state index contributed by atoms with van der Waals surface area (Å²) in [5.74, 6) is 0.271. The van der Waals surface area contributed by atoms with Gasteiger partial charge >= 0.3 is 5.95 Å². The number of nitrogens with zero attached hydrogens (tertiary/aromatic N) is 4. The van der Waals surface area contributed by atoms with E-state index in [2.05, 4.69) is 26.0 Å². The molecule has 0 aliphatic heterocycles. The largest absolute Gasteiger partial charge is 0.721 e. The fraction of sp³-hybridized carbons (Fsp3) is 0.400. The molecular weight excluding hydrogens is 212 g/mol. The van der Waals surface area contributed by atoms with Crippen molar-refractivity contribution in [3.8, 4) is 0 Å². The number of hydrogen-bond acceptors (Lipinski definition) is 4. The Labute approximate surface area is 72.4 Å². The highest BCUT2D eigenvalue weighted by Crippen LogP contribution is 2.02. The van der Waals surface area contributed by atoms with Crippen molar-refractivity contribution in [3.05, 3.63) is 16.0 Å². The second-order valence-corrected chi connectivity index (χ2v) is 2.96. The first-order valence-electron chi connectivity index (χ1n) is 2.91. The number of rotatable bonds is 1. The molecular formula is C5H7BrN4O. The van der Waals surface area contributed by atoms with Crippen LogP contribution in [0, 0.1) is 5.21 Å². The van der Waals surface area contributed by atoms with Crippen molar-refractivity contribution < 1.29 is 4.85 Å². The molecule has 1 heterocycles. The summed E-state index contributed by atoms with van der Waals surface area (Å²) in [7, 11) is 3.46. The fourth-order valence-corrected chi connectivity index (χ4v) is 0.851. The lowest BCUT2D eigenvalue weighted by Gasteiger charge is -2.08. The van der Waals surface area contributed by atoms with Gasteiger partial charge in [0.05, 0.1) is 14.1 Å². The summed E-state index contributed by atoms with van der Waals surface area (Å²) in [5, 5.41) is 14.5. The second-order valence-electron chi connectivity index (χ2n) is 2.15. The smallest absolute Gasteiger partial charge is 0.414 e. The first kappa shape index (κ1) is 8.19. The Bertz CT molecular complexity index is 265. The molecule has 60 valence electrons. The highest BCUT2D eigenvalue weighted by molar-refractivity contribution is 9.10. The Kier molecular flexibility index (Phi) is 2.23. The average Bonchev–Trinajstić information content (AvgIpc) is 1.85. The van der Waals surface area contributed by atoms with Gasteiger partial charge in [-0.15, -0.1) is 4.85 Å². The predicted molar refractivity (Wildman–Crippen MR) is 43.0 cm³/mol. The Balaban J connectivity index is 3.09. The van der Waals surface area contributed by atoms with Crippen molar-refractivity contribution in [2.45, 2.75) is 0 Å². The summed E-state index contributed by atoms with van der Waals surface area (Å²) in [5.41, 5.74) is 0. The van der Waals surface area contributed by atoms with Crippen LogP contribution >= 0.6 is 15.9 Å². The van der Waals surface area contributed by atoms with Gasteiger partial charge in [-0.3, -0.25) is 4.90 Å². The average molecular weight is 219 g/mol. The van der Waals surface area contributed by atoms with Crippen LogP contribution in [0.4, 0.5) is 5.95 Å². The summed E-state index contributed by atoms with van der Waals surface area (Å²) in [6.45, 7) is 0. The van der Waals surface area contributed by atoms with Crippen LogP contribution in [0.1, 0.15) is 0 Å². The SMILES string of the molecule is CN(C)c1ncc(Br)n[n+]1[O-]. The van der Waals surface area contributed by atoms with Crippen molar-refractivity contribution in [3.63, 3.8) is 0 Å². The summed E-state index contributed by atoms with van der Waals surface area (Å²) < 4.78 is 0.429. The Morgan fingerprint density at radius 1 is 1.64 bits per heavy atom. The molecule has 1 rings (SSSR count). The summed E-state index contributed by atoms with van der Waals surface area (Å²) in [6, 6.07) is 0. The van der Waals surface area contributed by atoms with Crippen molar-refractivity contribution in [1.29, 1.82) is 0 Å². The van der Waals surface area contributed by atoms with Crippen LogP contribution in [0.5, 0.6) is 0 Å². The molecule has 1 aromatic rings. The van der Waals surface area contributed by atoms with E-state index in [0.29, 0.717) is 9.45 Å². The van der Waals surface area contributed by atoms with Crippen molar-refractivity contribution >= 4 is 21.9 Å². The molecule has 5 nitrogen and oxygen atoms in total. The number of anilines is 1. The number of halogens is 1. The van der Waals surface area contributed by atoms with Gasteiger partial charge in [0, 0.05) is 0 Å². The van der Waals surface area contributed by atoms with Gasteiger partial charge in [0.25, 0.3) is 0 Å². The number of hydrogen-bond donors (Lipinski definition) is 0. The van der Waals surface area contributed by atoms with Crippen molar-refractivity contribution in [2.75, 3.05) is 19.0 Å². The van der Waals surface area contributed by atoms with Crippen LogP contribution < -0.4 is 9.75 Å². The monoisotopic (exact) mass is 218 g/mol. The maximum Gasteiger partial charge on any atom is 0.414 e. The molecule has 0 bridgehead atoms. The first-order valence-corrected chi connectivity index (χ1v) is 3.70. The standard InChI is InChI=1S/C5H7BrN4O/c1-9(2)5-7-3-4(6)8-10(5)11/h3H,1-2H3. The van der Waals surface area contributed by atoms with Gasteiger partial charge in [-0.25, -0.2) is 0 Å².